The van der Waals surface area contributed by atoms with Crippen LogP contribution in [-0.2, 0) is 10.8 Å². The molecule has 0 bridgehead atoms. The van der Waals surface area contributed by atoms with Gasteiger partial charge in [0, 0.05) is 6.54 Å². The van der Waals surface area contributed by atoms with Gasteiger partial charge in [0.05, 0.1) is 6.04 Å². The fourth-order valence-electron chi connectivity index (χ4n) is 1.58. The largest absolute Gasteiger partial charge is 0.513 e. The first-order chi connectivity index (χ1) is 6.81. The van der Waals surface area contributed by atoms with Crippen molar-refractivity contribution in [2.45, 2.75) is 12.5 Å². The Balaban J connectivity index is 1.88. The van der Waals surface area contributed by atoms with E-state index in [1.165, 1.54) is 5.56 Å². The summed E-state index contributed by atoms with van der Waals surface area (Å²) in [6.45, 7) is 0.843. The van der Waals surface area contributed by atoms with Gasteiger partial charge >= 0.3 is 6.09 Å². The molecule has 0 saturated carbocycles. The average Bonchev–Trinajstić information content (AvgIpc) is 2.98. The van der Waals surface area contributed by atoms with Gasteiger partial charge in [-0.05, 0) is 12.0 Å². The van der Waals surface area contributed by atoms with E-state index in [2.05, 4.69) is 12.1 Å². The number of carbonyl (C=O) groups is 1. The van der Waals surface area contributed by atoms with Crippen LogP contribution in [0.5, 0.6) is 0 Å². The minimum absolute atomic E-state index is 0.155. The summed E-state index contributed by atoms with van der Waals surface area (Å²) in [5, 5.41) is 0. The number of hydrogen-bond acceptors (Lipinski definition) is 2. The summed E-state index contributed by atoms with van der Waals surface area (Å²) in [7, 11) is 0.483. The molecule has 0 aliphatic carbocycles. The second kappa shape index (κ2) is 3.83. The lowest BCUT2D eigenvalue weighted by Crippen LogP contribution is -2.14. The molecule has 1 saturated heterocycles. The maximum Gasteiger partial charge on any atom is 0.395 e. The van der Waals surface area contributed by atoms with Crippen LogP contribution in [0.2, 0.25) is 0 Å². The molecule has 0 radical (unpaired) electrons. The molecule has 1 aromatic rings. The van der Waals surface area contributed by atoms with Gasteiger partial charge in [0.25, 0.3) is 0 Å². The maximum atomic E-state index is 11.1. The highest BCUT2D eigenvalue weighted by Crippen LogP contribution is 2.22. The van der Waals surface area contributed by atoms with Crippen molar-refractivity contribution in [1.29, 1.82) is 0 Å². The highest BCUT2D eigenvalue weighted by Gasteiger charge is 2.38. The topological polar surface area (TPSA) is 29.3 Å². The van der Waals surface area contributed by atoms with Crippen molar-refractivity contribution in [2.24, 2.45) is 0 Å². The van der Waals surface area contributed by atoms with Crippen LogP contribution in [0.4, 0.5) is 4.79 Å². The molecule has 1 fully saturated rings. The SMILES string of the molecule is O=C(O[SiH3])N1CC1Cc1ccccc1. The molecule has 74 valence electrons. The number of rotatable bonds is 2. The van der Waals surface area contributed by atoms with E-state index in [9.17, 15) is 4.79 Å². The van der Waals surface area contributed by atoms with Crippen LogP contribution in [0.25, 0.3) is 0 Å². The number of carbonyl (C=O) groups excluding carboxylic acids is 1. The second-order valence-electron chi connectivity index (χ2n) is 3.47. The molecule has 1 aliphatic rings. The molecule has 2 rings (SSSR count). The Kier molecular flexibility index (Phi) is 2.54. The molecule has 0 aromatic heterocycles. The van der Waals surface area contributed by atoms with E-state index in [0.29, 0.717) is 16.5 Å². The van der Waals surface area contributed by atoms with Crippen LogP contribution in [0.3, 0.4) is 0 Å². The van der Waals surface area contributed by atoms with Crippen molar-refractivity contribution in [2.75, 3.05) is 6.54 Å². The summed E-state index contributed by atoms with van der Waals surface area (Å²) in [6.07, 6.45) is 0.787. The average molecular weight is 207 g/mol. The van der Waals surface area contributed by atoms with Crippen molar-refractivity contribution in [3.63, 3.8) is 0 Å². The Bertz CT molecular complexity index is 328. The quantitative estimate of drug-likeness (QED) is 0.516. The molecule has 1 aromatic carbocycles. The van der Waals surface area contributed by atoms with Gasteiger partial charge in [-0.15, -0.1) is 0 Å². The molecule has 1 aliphatic heterocycles. The zero-order chi connectivity index (χ0) is 9.97. The van der Waals surface area contributed by atoms with Gasteiger partial charge in [-0.25, -0.2) is 4.79 Å². The van der Waals surface area contributed by atoms with E-state index in [1.54, 1.807) is 4.90 Å². The van der Waals surface area contributed by atoms with Gasteiger partial charge in [0.2, 0.25) is 10.5 Å². The molecule has 1 atom stereocenters. The Labute approximate surface area is 86.2 Å². The van der Waals surface area contributed by atoms with Crippen LogP contribution in [0.15, 0.2) is 30.3 Å². The van der Waals surface area contributed by atoms with E-state index in [0.717, 1.165) is 13.0 Å². The predicted octanol–water partition coefficient (Wildman–Crippen LogP) is 0.330. The molecular formula is C10H13NO2Si. The number of amides is 1. The predicted molar refractivity (Wildman–Crippen MR) is 57.1 cm³/mol. The number of benzene rings is 1. The summed E-state index contributed by atoms with van der Waals surface area (Å²) >= 11 is 0. The molecule has 4 heteroatoms. The Morgan fingerprint density at radius 3 is 2.86 bits per heavy atom. The summed E-state index contributed by atoms with van der Waals surface area (Å²) < 4.78 is 4.77. The molecular weight excluding hydrogens is 194 g/mol. The summed E-state index contributed by atoms with van der Waals surface area (Å²) in [6, 6.07) is 10.6. The van der Waals surface area contributed by atoms with Crippen LogP contribution in [0, 0.1) is 0 Å². The lowest BCUT2D eigenvalue weighted by atomic mass is 10.1. The van der Waals surface area contributed by atoms with Crippen molar-refractivity contribution in [3.8, 4) is 0 Å². The third-order valence-electron chi connectivity index (χ3n) is 2.44. The van der Waals surface area contributed by atoms with Crippen LogP contribution < -0.4 is 0 Å². The fraction of sp³-hybridized carbons (Fsp3) is 0.300. The Morgan fingerprint density at radius 1 is 1.50 bits per heavy atom. The first-order valence-corrected chi connectivity index (χ1v) is 5.51. The van der Waals surface area contributed by atoms with E-state index in [4.69, 9.17) is 4.43 Å². The van der Waals surface area contributed by atoms with E-state index < -0.39 is 0 Å². The lowest BCUT2D eigenvalue weighted by molar-refractivity contribution is 0.187. The Hall–Kier alpha value is -1.29. The van der Waals surface area contributed by atoms with E-state index in [1.807, 2.05) is 18.2 Å². The summed E-state index contributed by atoms with van der Waals surface area (Å²) in [5.74, 6) is 0. The fourth-order valence-corrected chi connectivity index (χ4v) is 1.82. The third kappa shape index (κ3) is 1.96. The monoisotopic (exact) mass is 207 g/mol. The van der Waals surface area contributed by atoms with Crippen molar-refractivity contribution in [1.82, 2.24) is 4.90 Å². The maximum absolute atomic E-state index is 11.1. The number of hydrogen-bond donors (Lipinski definition) is 0. The zero-order valence-electron chi connectivity index (χ0n) is 8.14. The first-order valence-electron chi connectivity index (χ1n) is 4.70. The molecule has 1 unspecified atom stereocenters. The van der Waals surface area contributed by atoms with E-state index in [-0.39, 0.29) is 6.09 Å². The van der Waals surface area contributed by atoms with Gasteiger partial charge in [-0.1, -0.05) is 30.3 Å². The van der Waals surface area contributed by atoms with Crippen LogP contribution >= 0.6 is 0 Å². The molecule has 3 nitrogen and oxygen atoms in total. The summed E-state index contributed by atoms with van der Waals surface area (Å²) in [5.41, 5.74) is 1.28. The molecule has 0 N–H and O–H groups in total. The van der Waals surface area contributed by atoms with Crippen molar-refractivity contribution in [3.05, 3.63) is 35.9 Å². The third-order valence-corrected chi connectivity index (χ3v) is 2.79. The second-order valence-corrected chi connectivity index (χ2v) is 3.87. The number of nitrogens with zero attached hydrogens (tertiary/aromatic N) is 1. The van der Waals surface area contributed by atoms with Gasteiger partial charge in [0.1, 0.15) is 0 Å². The van der Waals surface area contributed by atoms with Crippen LogP contribution in [0.1, 0.15) is 5.56 Å². The molecule has 1 amide bonds. The molecule has 14 heavy (non-hydrogen) atoms. The van der Waals surface area contributed by atoms with Gasteiger partial charge in [-0.2, -0.15) is 0 Å². The first kappa shape index (κ1) is 9.27. The standard InChI is InChI=1S/C10H13NO2Si/c12-10(13-14)11-7-9(11)6-8-4-2-1-3-5-8/h1-5,9H,6-7H2,14H3. The van der Waals surface area contributed by atoms with Gasteiger partial charge in [-0.3, -0.25) is 0 Å². The van der Waals surface area contributed by atoms with Crippen molar-refractivity contribution < 1.29 is 9.22 Å². The Morgan fingerprint density at radius 2 is 2.21 bits per heavy atom. The van der Waals surface area contributed by atoms with Crippen molar-refractivity contribution >= 4 is 16.6 Å². The minimum Gasteiger partial charge on any atom is -0.513 e. The van der Waals surface area contributed by atoms with Gasteiger partial charge in [0.15, 0.2) is 0 Å². The lowest BCUT2D eigenvalue weighted by Gasteiger charge is -2.02. The van der Waals surface area contributed by atoms with E-state index >= 15 is 0 Å². The van der Waals surface area contributed by atoms with Crippen LogP contribution in [-0.4, -0.2) is 34.1 Å². The molecule has 1 heterocycles. The summed E-state index contributed by atoms with van der Waals surface area (Å²) in [4.78, 5) is 12.9. The van der Waals surface area contributed by atoms with Gasteiger partial charge < -0.3 is 9.33 Å². The zero-order valence-corrected chi connectivity index (χ0v) is 10.1. The normalized spacial score (nSPS) is 19.4. The smallest absolute Gasteiger partial charge is 0.395 e. The highest BCUT2D eigenvalue weighted by molar-refractivity contribution is 6.05. The highest BCUT2D eigenvalue weighted by atomic mass is 28.2. The molecule has 0 spiro atoms. The minimum atomic E-state index is -0.155.